The van der Waals surface area contributed by atoms with Crippen molar-refractivity contribution in [3.8, 4) is 16.3 Å². The van der Waals surface area contributed by atoms with E-state index in [1.807, 2.05) is 38.1 Å². The first kappa shape index (κ1) is 17.9. The van der Waals surface area contributed by atoms with Gasteiger partial charge in [-0.15, -0.1) is 11.3 Å². The van der Waals surface area contributed by atoms with Gasteiger partial charge in [-0.2, -0.15) is 0 Å². The summed E-state index contributed by atoms with van der Waals surface area (Å²) in [5.74, 6) is -0.471. The fraction of sp³-hybridized carbons (Fsp3) is 0.353. The molecule has 2 rings (SSSR count). The molecule has 0 aliphatic rings. The van der Waals surface area contributed by atoms with Crippen LogP contribution in [-0.4, -0.2) is 47.1 Å². The van der Waals surface area contributed by atoms with Crippen LogP contribution >= 0.6 is 11.3 Å². The summed E-state index contributed by atoms with van der Waals surface area (Å²) in [6.07, 6.45) is 0. The third-order valence-corrected chi connectivity index (χ3v) is 4.15. The van der Waals surface area contributed by atoms with Crippen molar-refractivity contribution in [3.63, 3.8) is 0 Å². The number of carbonyl (C=O) groups is 2. The Balaban J connectivity index is 2.20. The Hall–Kier alpha value is -2.41. The van der Waals surface area contributed by atoms with Crippen molar-refractivity contribution in [1.82, 2.24) is 9.88 Å². The molecule has 7 heteroatoms. The Morgan fingerprint density at radius 3 is 2.50 bits per heavy atom. The number of carbonyl (C=O) groups excluding carboxylic acids is 1. The highest BCUT2D eigenvalue weighted by molar-refractivity contribution is 7.13. The highest BCUT2D eigenvalue weighted by Gasteiger charge is 2.22. The SMILES string of the molecule is COc1ccc(-c2nc(C(=O)N(CC(=O)O)CC(C)C)cs2)cc1. The number of ether oxygens (including phenoxy) is 1. The third-order valence-electron chi connectivity index (χ3n) is 3.26. The molecule has 0 spiro atoms. The van der Waals surface area contributed by atoms with Crippen LogP contribution < -0.4 is 4.74 Å². The maximum Gasteiger partial charge on any atom is 0.323 e. The van der Waals surface area contributed by atoms with Gasteiger partial charge in [0.25, 0.3) is 5.91 Å². The average Bonchev–Trinajstić information content (AvgIpc) is 3.02. The molecule has 0 aliphatic heterocycles. The molecule has 0 fully saturated rings. The zero-order valence-electron chi connectivity index (χ0n) is 13.9. The Morgan fingerprint density at radius 2 is 1.96 bits per heavy atom. The largest absolute Gasteiger partial charge is 0.497 e. The molecule has 1 aromatic heterocycles. The van der Waals surface area contributed by atoms with E-state index in [0.29, 0.717) is 11.6 Å². The van der Waals surface area contributed by atoms with Crippen LogP contribution in [0.25, 0.3) is 10.6 Å². The van der Waals surface area contributed by atoms with Crippen LogP contribution in [-0.2, 0) is 4.79 Å². The summed E-state index contributed by atoms with van der Waals surface area (Å²) in [4.78, 5) is 29.2. The van der Waals surface area contributed by atoms with Gasteiger partial charge in [-0.05, 0) is 30.2 Å². The minimum absolute atomic E-state index is 0.174. The Labute approximate surface area is 144 Å². The number of nitrogens with zero attached hydrogens (tertiary/aromatic N) is 2. The first-order chi connectivity index (χ1) is 11.4. The molecular formula is C17H20N2O4S. The lowest BCUT2D eigenvalue weighted by molar-refractivity contribution is -0.137. The molecule has 1 N–H and O–H groups in total. The highest BCUT2D eigenvalue weighted by Crippen LogP contribution is 2.26. The number of amides is 1. The van der Waals surface area contributed by atoms with Crippen molar-refractivity contribution < 1.29 is 19.4 Å². The first-order valence-electron chi connectivity index (χ1n) is 7.51. The van der Waals surface area contributed by atoms with Crippen LogP contribution in [0.4, 0.5) is 0 Å². The summed E-state index contributed by atoms with van der Waals surface area (Å²) in [5, 5.41) is 11.4. The van der Waals surface area contributed by atoms with E-state index in [4.69, 9.17) is 9.84 Å². The maximum atomic E-state index is 12.5. The van der Waals surface area contributed by atoms with Crippen LogP contribution in [0, 0.1) is 5.92 Å². The smallest absolute Gasteiger partial charge is 0.323 e. The number of benzene rings is 1. The third kappa shape index (κ3) is 4.55. The standard InChI is InChI=1S/C17H20N2O4S/c1-11(2)8-19(9-15(20)21)17(22)14-10-24-16(18-14)12-4-6-13(23-3)7-5-12/h4-7,10-11H,8-9H2,1-3H3,(H,20,21). The lowest BCUT2D eigenvalue weighted by Gasteiger charge is -2.21. The fourth-order valence-corrected chi connectivity index (χ4v) is 3.02. The van der Waals surface area contributed by atoms with E-state index >= 15 is 0 Å². The van der Waals surface area contributed by atoms with Crippen LogP contribution in [0.2, 0.25) is 0 Å². The molecule has 1 amide bonds. The minimum atomic E-state index is -1.03. The van der Waals surface area contributed by atoms with Gasteiger partial charge >= 0.3 is 5.97 Å². The van der Waals surface area contributed by atoms with Crippen LogP contribution in [0.5, 0.6) is 5.75 Å². The van der Waals surface area contributed by atoms with Gasteiger partial charge in [0.1, 0.15) is 23.0 Å². The van der Waals surface area contributed by atoms with E-state index in [1.165, 1.54) is 16.2 Å². The molecule has 0 atom stereocenters. The first-order valence-corrected chi connectivity index (χ1v) is 8.39. The summed E-state index contributed by atoms with van der Waals surface area (Å²) < 4.78 is 5.12. The Kier molecular flexibility index (Phi) is 5.92. The van der Waals surface area contributed by atoms with Crippen molar-refractivity contribution >= 4 is 23.2 Å². The number of carboxylic acids is 1. The summed E-state index contributed by atoms with van der Waals surface area (Å²) in [5.41, 5.74) is 1.15. The average molecular weight is 348 g/mol. The number of aromatic nitrogens is 1. The summed E-state index contributed by atoms with van der Waals surface area (Å²) >= 11 is 1.35. The number of hydrogen-bond acceptors (Lipinski definition) is 5. The molecule has 0 saturated heterocycles. The van der Waals surface area contributed by atoms with E-state index in [1.54, 1.807) is 12.5 Å². The number of thiazole rings is 1. The van der Waals surface area contributed by atoms with E-state index in [9.17, 15) is 9.59 Å². The molecule has 1 aromatic carbocycles. The second-order valence-electron chi connectivity index (χ2n) is 5.74. The van der Waals surface area contributed by atoms with E-state index < -0.39 is 5.97 Å². The number of rotatable bonds is 7. The molecule has 6 nitrogen and oxygen atoms in total. The summed E-state index contributed by atoms with van der Waals surface area (Å²) in [6.45, 7) is 3.92. The van der Waals surface area contributed by atoms with Crippen LogP contribution in [0.3, 0.4) is 0 Å². The van der Waals surface area contributed by atoms with Gasteiger partial charge in [-0.1, -0.05) is 13.8 Å². The Morgan fingerprint density at radius 1 is 1.29 bits per heavy atom. The minimum Gasteiger partial charge on any atom is -0.497 e. The van der Waals surface area contributed by atoms with Gasteiger partial charge in [0.2, 0.25) is 0 Å². The lowest BCUT2D eigenvalue weighted by atomic mass is 10.2. The van der Waals surface area contributed by atoms with Gasteiger partial charge in [0.15, 0.2) is 0 Å². The number of methoxy groups -OCH3 is 1. The maximum absolute atomic E-state index is 12.5. The summed E-state index contributed by atoms with van der Waals surface area (Å²) in [7, 11) is 1.60. The molecular weight excluding hydrogens is 328 g/mol. The normalized spacial score (nSPS) is 10.7. The predicted molar refractivity (Wildman–Crippen MR) is 92.5 cm³/mol. The van der Waals surface area contributed by atoms with Gasteiger partial charge in [0, 0.05) is 17.5 Å². The number of aliphatic carboxylic acids is 1. The van der Waals surface area contributed by atoms with Crippen molar-refractivity contribution in [2.24, 2.45) is 5.92 Å². The van der Waals surface area contributed by atoms with E-state index in [-0.39, 0.29) is 24.1 Å². The van der Waals surface area contributed by atoms with Crippen molar-refractivity contribution in [3.05, 3.63) is 35.3 Å². The highest BCUT2D eigenvalue weighted by atomic mass is 32.1. The summed E-state index contributed by atoms with van der Waals surface area (Å²) in [6, 6.07) is 7.39. The monoisotopic (exact) mass is 348 g/mol. The molecule has 128 valence electrons. The van der Waals surface area contributed by atoms with Gasteiger partial charge < -0.3 is 14.7 Å². The number of carboxylic acid groups (broad SMARTS) is 1. The molecule has 2 aromatic rings. The van der Waals surface area contributed by atoms with Crippen LogP contribution in [0.1, 0.15) is 24.3 Å². The molecule has 1 heterocycles. The quantitative estimate of drug-likeness (QED) is 0.832. The Bertz CT molecular complexity index is 710. The second kappa shape index (κ2) is 7.92. The molecule has 24 heavy (non-hydrogen) atoms. The zero-order valence-corrected chi connectivity index (χ0v) is 14.7. The molecule has 0 radical (unpaired) electrons. The molecule has 0 saturated carbocycles. The predicted octanol–water partition coefficient (Wildman–Crippen LogP) is 3.00. The number of hydrogen-bond donors (Lipinski definition) is 1. The fourth-order valence-electron chi connectivity index (χ4n) is 2.22. The second-order valence-corrected chi connectivity index (χ2v) is 6.60. The van der Waals surface area contributed by atoms with Crippen molar-refractivity contribution in [2.45, 2.75) is 13.8 Å². The van der Waals surface area contributed by atoms with E-state index in [2.05, 4.69) is 4.98 Å². The molecule has 0 aliphatic carbocycles. The molecule has 0 bridgehead atoms. The van der Waals surface area contributed by atoms with E-state index in [0.717, 1.165) is 11.3 Å². The zero-order chi connectivity index (χ0) is 17.7. The topological polar surface area (TPSA) is 79.7 Å². The van der Waals surface area contributed by atoms with Crippen molar-refractivity contribution in [2.75, 3.05) is 20.2 Å². The van der Waals surface area contributed by atoms with Gasteiger partial charge in [0.05, 0.1) is 7.11 Å². The molecule has 0 unspecified atom stereocenters. The lowest BCUT2D eigenvalue weighted by Crippen LogP contribution is -2.38. The van der Waals surface area contributed by atoms with Gasteiger partial charge in [-0.3, -0.25) is 9.59 Å². The van der Waals surface area contributed by atoms with Gasteiger partial charge in [-0.25, -0.2) is 4.98 Å². The van der Waals surface area contributed by atoms with Crippen LogP contribution in [0.15, 0.2) is 29.6 Å². The van der Waals surface area contributed by atoms with Crippen molar-refractivity contribution in [1.29, 1.82) is 0 Å².